The minimum Gasteiger partial charge on any atom is -0.464 e. The largest absolute Gasteiger partial charge is 0.464 e. The van der Waals surface area contributed by atoms with Crippen molar-refractivity contribution >= 4 is 18.0 Å². The maximum atomic E-state index is 13.2. The van der Waals surface area contributed by atoms with Crippen LogP contribution in [0, 0.1) is 0 Å². The van der Waals surface area contributed by atoms with Crippen molar-refractivity contribution in [1.82, 2.24) is 10.6 Å². The van der Waals surface area contributed by atoms with Gasteiger partial charge in [-0.15, -0.1) is 0 Å². The van der Waals surface area contributed by atoms with Gasteiger partial charge in [-0.3, -0.25) is 4.79 Å². The molecule has 0 heterocycles. The van der Waals surface area contributed by atoms with Crippen LogP contribution in [-0.2, 0) is 31.9 Å². The molecule has 2 atom stereocenters. The van der Waals surface area contributed by atoms with Crippen LogP contribution < -0.4 is 10.6 Å². The van der Waals surface area contributed by atoms with Gasteiger partial charge in [-0.05, 0) is 51.7 Å². The predicted molar refractivity (Wildman–Crippen MR) is 127 cm³/mol. The van der Waals surface area contributed by atoms with Crippen LogP contribution in [0.2, 0.25) is 0 Å². The quantitative estimate of drug-likeness (QED) is 0.533. The standard InChI is InChI=1S/C26H34N2O5/c1-5-32-24(30)21(17-16-19-12-8-6-9-13-19)27-23(29)22(18-20-14-10-7-11-15-20)28-25(31)33-26(2,3)4/h6-15,21-22H,5,16-18H2,1-4H3,(H,27,29)(H,28,31)/t21-,22-/m0/s1. The molecule has 33 heavy (non-hydrogen) atoms. The van der Waals surface area contributed by atoms with Gasteiger partial charge in [0.15, 0.2) is 0 Å². The molecule has 0 aliphatic rings. The molecule has 2 N–H and O–H groups in total. The average Bonchev–Trinajstić information content (AvgIpc) is 2.76. The van der Waals surface area contributed by atoms with Crippen LogP contribution in [0.5, 0.6) is 0 Å². The van der Waals surface area contributed by atoms with E-state index >= 15 is 0 Å². The SMILES string of the molecule is CCOC(=O)[C@H](CCc1ccccc1)NC(=O)[C@H](Cc1ccccc1)NC(=O)OC(C)(C)C. The summed E-state index contributed by atoms with van der Waals surface area (Å²) in [7, 11) is 0. The molecule has 2 rings (SSSR count). The monoisotopic (exact) mass is 454 g/mol. The first kappa shape index (κ1) is 25.9. The van der Waals surface area contributed by atoms with E-state index in [4.69, 9.17) is 9.47 Å². The van der Waals surface area contributed by atoms with E-state index in [1.807, 2.05) is 60.7 Å². The third-order valence-corrected chi connectivity index (χ3v) is 4.74. The lowest BCUT2D eigenvalue weighted by Crippen LogP contribution is -2.53. The van der Waals surface area contributed by atoms with E-state index in [1.54, 1.807) is 27.7 Å². The summed E-state index contributed by atoms with van der Waals surface area (Å²) < 4.78 is 10.5. The highest BCUT2D eigenvalue weighted by molar-refractivity contribution is 5.90. The first-order chi connectivity index (χ1) is 15.7. The number of aryl methyl sites for hydroxylation is 1. The molecule has 0 unspecified atom stereocenters. The molecule has 2 amide bonds. The Kier molecular flexibility index (Phi) is 9.91. The topological polar surface area (TPSA) is 93.7 Å². The number of carbonyl (C=O) groups is 3. The minimum atomic E-state index is -0.920. The van der Waals surface area contributed by atoms with E-state index in [-0.39, 0.29) is 13.0 Å². The zero-order valence-electron chi connectivity index (χ0n) is 19.8. The fourth-order valence-corrected chi connectivity index (χ4v) is 3.23. The van der Waals surface area contributed by atoms with Crippen molar-refractivity contribution in [3.8, 4) is 0 Å². The molecule has 0 aromatic heterocycles. The Morgan fingerprint density at radius 3 is 1.97 bits per heavy atom. The van der Waals surface area contributed by atoms with Crippen molar-refractivity contribution in [2.75, 3.05) is 6.61 Å². The summed E-state index contributed by atoms with van der Waals surface area (Å²) in [5.74, 6) is -0.978. The average molecular weight is 455 g/mol. The highest BCUT2D eigenvalue weighted by Crippen LogP contribution is 2.11. The lowest BCUT2D eigenvalue weighted by Gasteiger charge is -2.25. The number of nitrogens with one attached hydrogen (secondary N) is 2. The summed E-state index contributed by atoms with van der Waals surface area (Å²) in [5, 5.41) is 5.42. The Hall–Kier alpha value is -3.35. The third-order valence-electron chi connectivity index (χ3n) is 4.74. The number of carbonyl (C=O) groups excluding carboxylic acids is 3. The van der Waals surface area contributed by atoms with Gasteiger partial charge in [-0.25, -0.2) is 9.59 Å². The van der Waals surface area contributed by atoms with Gasteiger partial charge < -0.3 is 20.1 Å². The van der Waals surface area contributed by atoms with Gasteiger partial charge in [0.25, 0.3) is 0 Å². The van der Waals surface area contributed by atoms with Crippen LogP contribution >= 0.6 is 0 Å². The second-order valence-corrected chi connectivity index (χ2v) is 8.73. The molecule has 178 valence electrons. The van der Waals surface area contributed by atoms with Gasteiger partial charge in [0, 0.05) is 6.42 Å². The summed E-state index contributed by atoms with van der Waals surface area (Å²) in [6, 6.07) is 17.3. The van der Waals surface area contributed by atoms with Crippen molar-refractivity contribution in [3.05, 3.63) is 71.8 Å². The maximum Gasteiger partial charge on any atom is 0.408 e. The van der Waals surface area contributed by atoms with Crippen molar-refractivity contribution in [3.63, 3.8) is 0 Å². The van der Waals surface area contributed by atoms with E-state index < -0.39 is 35.7 Å². The number of hydrogen-bond donors (Lipinski definition) is 2. The summed E-state index contributed by atoms with van der Waals surface area (Å²) in [4.78, 5) is 38.1. The second-order valence-electron chi connectivity index (χ2n) is 8.73. The normalized spacial score (nSPS) is 12.8. The number of esters is 1. The van der Waals surface area contributed by atoms with Crippen LogP contribution in [0.4, 0.5) is 4.79 Å². The fourth-order valence-electron chi connectivity index (χ4n) is 3.23. The van der Waals surface area contributed by atoms with E-state index in [1.165, 1.54) is 0 Å². The number of benzene rings is 2. The maximum absolute atomic E-state index is 13.2. The Balaban J connectivity index is 2.15. The van der Waals surface area contributed by atoms with Crippen LogP contribution in [-0.4, -0.2) is 42.3 Å². The van der Waals surface area contributed by atoms with Gasteiger partial charge in [0.1, 0.15) is 17.7 Å². The summed E-state index contributed by atoms with van der Waals surface area (Å²) in [6.07, 6.45) is 0.516. The van der Waals surface area contributed by atoms with E-state index in [2.05, 4.69) is 10.6 Å². The summed E-state index contributed by atoms with van der Waals surface area (Å²) in [5.41, 5.74) is 1.21. The van der Waals surface area contributed by atoms with Crippen molar-refractivity contribution < 1.29 is 23.9 Å². The molecule has 2 aromatic rings. The highest BCUT2D eigenvalue weighted by atomic mass is 16.6. The van der Waals surface area contributed by atoms with Gasteiger partial charge in [0.05, 0.1) is 6.61 Å². The zero-order valence-corrected chi connectivity index (χ0v) is 19.8. The lowest BCUT2D eigenvalue weighted by atomic mass is 10.0. The molecular weight excluding hydrogens is 420 g/mol. The van der Waals surface area contributed by atoms with Crippen LogP contribution in [0.25, 0.3) is 0 Å². The molecule has 0 aliphatic carbocycles. The molecule has 0 radical (unpaired) electrons. The van der Waals surface area contributed by atoms with Crippen molar-refractivity contribution in [1.29, 1.82) is 0 Å². The molecule has 0 bridgehead atoms. The molecule has 7 nitrogen and oxygen atoms in total. The predicted octanol–water partition coefficient (Wildman–Crippen LogP) is 3.80. The molecule has 0 saturated carbocycles. The van der Waals surface area contributed by atoms with E-state index in [0.717, 1.165) is 11.1 Å². The van der Waals surface area contributed by atoms with E-state index in [9.17, 15) is 14.4 Å². The van der Waals surface area contributed by atoms with Gasteiger partial charge >= 0.3 is 12.1 Å². The van der Waals surface area contributed by atoms with Gasteiger partial charge in [-0.2, -0.15) is 0 Å². The molecule has 7 heteroatoms. The second kappa shape index (κ2) is 12.6. The summed E-state index contributed by atoms with van der Waals surface area (Å²) >= 11 is 0. The van der Waals surface area contributed by atoms with Gasteiger partial charge in [0.2, 0.25) is 5.91 Å². The Morgan fingerprint density at radius 2 is 1.42 bits per heavy atom. The van der Waals surface area contributed by atoms with Crippen molar-refractivity contribution in [2.24, 2.45) is 0 Å². The molecule has 2 aromatic carbocycles. The van der Waals surface area contributed by atoms with E-state index in [0.29, 0.717) is 12.8 Å². The molecule has 0 fully saturated rings. The number of hydrogen-bond acceptors (Lipinski definition) is 5. The molecular formula is C26H34N2O5. The molecule has 0 saturated heterocycles. The van der Waals surface area contributed by atoms with Crippen LogP contribution in [0.1, 0.15) is 45.2 Å². The first-order valence-corrected chi connectivity index (χ1v) is 11.2. The van der Waals surface area contributed by atoms with Crippen LogP contribution in [0.3, 0.4) is 0 Å². The zero-order chi connectivity index (χ0) is 24.3. The number of ether oxygens (including phenoxy) is 2. The smallest absolute Gasteiger partial charge is 0.408 e. The van der Waals surface area contributed by atoms with Gasteiger partial charge in [-0.1, -0.05) is 60.7 Å². The minimum absolute atomic E-state index is 0.208. The highest BCUT2D eigenvalue weighted by Gasteiger charge is 2.29. The lowest BCUT2D eigenvalue weighted by molar-refractivity contribution is -0.147. The molecule has 0 spiro atoms. The Labute approximate surface area is 195 Å². The van der Waals surface area contributed by atoms with Crippen LogP contribution in [0.15, 0.2) is 60.7 Å². The number of alkyl carbamates (subject to hydrolysis) is 1. The molecule has 0 aliphatic heterocycles. The third kappa shape index (κ3) is 9.76. The number of rotatable bonds is 10. The Morgan fingerprint density at radius 1 is 0.848 bits per heavy atom. The fraction of sp³-hybridized carbons (Fsp3) is 0.423. The first-order valence-electron chi connectivity index (χ1n) is 11.2. The Bertz CT molecular complexity index is 894. The number of amides is 2. The summed E-state index contributed by atoms with van der Waals surface area (Å²) in [6.45, 7) is 7.17. The van der Waals surface area contributed by atoms with Crippen molar-refractivity contribution in [2.45, 2.75) is 64.6 Å².